The summed E-state index contributed by atoms with van der Waals surface area (Å²) in [4.78, 5) is 15.5. The molecule has 0 bridgehead atoms. The molecule has 6 nitrogen and oxygen atoms in total. The fourth-order valence-electron chi connectivity index (χ4n) is 2.12. The monoisotopic (exact) mass is 428 g/mol. The lowest BCUT2D eigenvalue weighted by atomic mass is 10.0. The van der Waals surface area contributed by atoms with Crippen LogP contribution in [0.2, 0.25) is 5.15 Å². The first-order valence-corrected chi connectivity index (χ1v) is 8.76. The first kappa shape index (κ1) is 19.7. The highest BCUT2D eigenvalue weighted by molar-refractivity contribution is 9.10. The molecule has 2 atom stereocenters. The van der Waals surface area contributed by atoms with Crippen molar-refractivity contribution in [1.82, 2.24) is 10.3 Å². The highest BCUT2D eigenvalue weighted by atomic mass is 79.9. The first-order chi connectivity index (χ1) is 12.0. The van der Waals surface area contributed by atoms with Gasteiger partial charge in [0.15, 0.2) is 0 Å². The van der Waals surface area contributed by atoms with Crippen LogP contribution in [0, 0.1) is 0 Å². The highest BCUT2D eigenvalue weighted by Gasteiger charge is 2.21. The van der Waals surface area contributed by atoms with Gasteiger partial charge in [-0.1, -0.05) is 41.9 Å². The fourth-order valence-corrected chi connectivity index (χ4v) is 2.73. The molecular formula is C17H18BrClN2O4. The number of rotatable bonds is 7. The van der Waals surface area contributed by atoms with E-state index in [0.717, 1.165) is 5.56 Å². The number of aliphatic hydroxyl groups is 2. The summed E-state index contributed by atoms with van der Waals surface area (Å²) in [6, 6.07) is 10.8. The van der Waals surface area contributed by atoms with E-state index in [4.69, 9.17) is 16.3 Å². The van der Waals surface area contributed by atoms with Crippen molar-refractivity contribution in [3.8, 4) is 0 Å². The molecule has 1 heterocycles. The standard InChI is InChI=1S/C17H18BrClN2O4/c18-13-9-21-15(19)8-12(13)16(23)14(22)6-7-20-17(24)25-10-11-4-2-1-3-5-11/h1-5,8-9,14,16,22-23H,6-7,10H2,(H,20,24). The lowest BCUT2D eigenvalue weighted by Crippen LogP contribution is -2.29. The third kappa shape index (κ3) is 6.28. The zero-order chi connectivity index (χ0) is 18.2. The van der Waals surface area contributed by atoms with Crippen molar-refractivity contribution >= 4 is 33.6 Å². The average molecular weight is 430 g/mol. The van der Waals surface area contributed by atoms with Crippen LogP contribution in [0.15, 0.2) is 47.1 Å². The smallest absolute Gasteiger partial charge is 0.407 e. The lowest BCUT2D eigenvalue weighted by Gasteiger charge is -2.19. The zero-order valence-electron chi connectivity index (χ0n) is 13.2. The molecule has 2 aromatic rings. The number of hydrogen-bond donors (Lipinski definition) is 3. The number of carbonyl (C=O) groups excluding carboxylic acids is 1. The molecule has 1 aromatic carbocycles. The Morgan fingerprint density at radius 2 is 2.04 bits per heavy atom. The molecule has 25 heavy (non-hydrogen) atoms. The molecule has 8 heteroatoms. The van der Waals surface area contributed by atoms with Crippen LogP contribution in [-0.4, -0.2) is 33.9 Å². The number of nitrogens with one attached hydrogen (secondary N) is 1. The van der Waals surface area contributed by atoms with Gasteiger partial charge in [0.1, 0.15) is 17.9 Å². The Labute approximate surface area is 158 Å². The minimum absolute atomic E-state index is 0.147. The van der Waals surface area contributed by atoms with E-state index < -0.39 is 18.3 Å². The van der Waals surface area contributed by atoms with Crippen LogP contribution in [0.5, 0.6) is 0 Å². The second-order valence-corrected chi connectivity index (χ2v) is 6.56. The summed E-state index contributed by atoms with van der Waals surface area (Å²) in [6.45, 7) is 0.322. The number of alkyl carbamates (subject to hydrolysis) is 1. The average Bonchev–Trinajstić information content (AvgIpc) is 2.62. The summed E-state index contributed by atoms with van der Waals surface area (Å²) in [7, 11) is 0. The number of ether oxygens (including phenoxy) is 1. The van der Waals surface area contributed by atoms with E-state index in [1.165, 1.54) is 12.3 Å². The van der Waals surface area contributed by atoms with Gasteiger partial charge in [-0.3, -0.25) is 0 Å². The molecule has 2 rings (SSSR count). The molecule has 1 amide bonds. The van der Waals surface area contributed by atoms with Crippen LogP contribution in [-0.2, 0) is 11.3 Å². The van der Waals surface area contributed by atoms with Gasteiger partial charge < -0.3 is 20.3 Å². The third-order valence-electron chi connectivity index (χ3n) is 3.46. The number of aromatic nitrogens is 1. The molecule has 134 valence electrons. The van der Waals surface area contributed by atoms with Gasteiger partial charge in [0.2, 0.25) is 0 Å². The summed E-state index contributed by atoms with van der Waals surface area (Å²) in [5, 5.41) is 23.0. The second-order valence-electron chi connectivity index (χ2n) is 5.32. The predicted molar refractivity (Wildman–Crippen MR) is 97.2 cm³/mol. The molecule has 2 unspecified atom stereocenters. The Kier molecular flexibility index (Phi) is 7.64. The van der Waals surface area contributed by atoms with E-state index in [2.05, 4.69) is 26.2 Å². The van der Waals surface area contributed by atoms with Crippen LogP contribution in [0.1, 0.15) is 23.7 Å². The van der Waals surface area contributed by atoms with Crippen molar-refractivity contribution in [3.05, 3.63) is 63.3 Å². The van der Waals surface area contributed by atoms with Crippen molar-refractivity contribution in [2.24, 2.45) is 0 Å². The third-order valence-corrected chi connectivity index (χ3v) is 4.33. The van der Waals surface area contributed by atoms with Crippen molar-refractivity contribution < 1.29 is 19.7 Å². The topological polar surface area (TPSA) is 91.7 Å². The predicted octanol–water partition coefficient (Wildman–Crippen LogP) is 3.21. The maximum absolute atomic E-state index is 11.6. The van der Waals surface area contributed by atoms with E-state index in [-0.39, 0.29) is 24.7 Å². The maximum Gasteiger partial charge on any atom is 0.407 e. The number of aliphatic hydroxyl groups excluding tert-OH is 2. The molecule has 0 spiro atoms. The number of nitrogens with zero attached hydrogens (tertiary/aromatic N) is 1. The zero-order valence-corrected chi connectivity index (χ0v) is 15.6. The van der Waals surface area contributed by atoms with Crippen molar-refractivity contribution in [2.45, 2.75) is 25.2 Å². The van der Waals surface area contributed by atoms with E-state index >= 15 is 0 Å². The van der Waals surface area contributed by atoms with Gasteiger partial charge in [-0.25, -0.2) is 9.78 Å². The quantitative estimate of drug-likeness (QED) is 0.588. The molecule has 0 saturated heterocycles. The van der Waals surface area contributed by atoms with Crippen molar-refractivity contribution in [1.29, 1.82) is 0 Å². The van der Waals surface area contributed by atoms with E-state index in [0.29, 0.717) is 10.0 Å². The summed E-state index contributed by atoms with van der Waals surface area (Å²) in [5.41, 5.74) is 1.31. The van der Waals surface area contributed by atoms with E-state index in [9.17, 15) is 15.0 Å². The van der Waals surface area contributed by atoms with E-state index in [1.807, 2.05) is 30.3 Å². The van der Waals surface area contributed by atoms with Crippen LogP contribution in [0.4, 0.5) is 4.79 Å². The summed E-state index contributed by atoms with van der Waals surface area (Å²) in [6.07, 6.45) is -1.22. The van der Waals surface area contributed by atoms with Gasteiger partial charge in [0.25, 0.3) is 0 Å². The molecule has 0 aliphatic carbocycles. The fraction of sp³-hybridized carbons (Fsp3) is 0.294. The Morgan fingerprint density at radius 3 is 2.76 bits per heavy atom. The Bertz CT molecular complexity index is 702. The van der Waals surface area contributed by atoms with Gasteiger partial charge in [-0.15, -0.1) is 0 Å². The molecule has 0 aliphatic rings. The number of benzene rings is 1. The number of pyridine rings is 1. The molecule has 0 saturated carbocycles. The van der Waals surface area contributed by atoms with Gasteiger partial charge in [-0.05, 0) is 34.0 Å². The Morgan fingerprint density at radius 1 is 1.32 bits per heavy atom. The van der Waals surface area contributed by atoms with Gasteiger partial charge in [0.05, 0.1) is 6.10 Å². The van der Waals surface area contributed by atoms with Gasteiger partial charge in [-0.2, -0.15) is 0 Å². The van der Waals surface area contributed by atoms with Crippen LogP contribution in [0.25, 0.3) is 0 Å². The molecule has 3 N–H and O–H groups in total. The SMILES string of the molecule is O=C(NCCC(O)C(O)c1cc(Cl)ncc1Br)OCc1ccccc1. The van der Waals surface area contributed by atoms with Crippen LogP contribution >= 0.6 is 27.5 Å². The summed E-state index contributed by atoms with van der Waals surface area (Å²) >= 11 is 9.05. The molecule has 1 aromatic heterocycles. The number of amides is 1. The minimum atomic E-state index is -1.16. The van der Waals surface area contributed by atoms with Gasteiger partial charge >= 0.3 is 6.09 Å². The minimum Gasteiger partial charge on any atom is -0.445 e. The highest BCUT2D eigenvalue weighted by Crippen LogP contribution is 2.28. The number of carbonyl (C=O) groups is 1. The number of halogens is 2. The molecule has 0 fully saturated rings. The van der Waals surface area contributed by atoms with Crippen molar-refractivity contribution in [2.75, 3.05) is 6.54 Å². The number of hydrogen-bond acceptors (Lipinski definition) is 5. The second kappa shape index (κ2) is 9.72. The molecular weight excluding hydrogens is 412 g/mol. The Hall–Kier alpha value is -1.67. The summed E-state index contributed by atoms with van der Waals surface area (Å²) < 4.78 is 5.60. The van der Waals surface area contributed by atoms with Gasteiger partial charge in [0, 0.05) is 22.8 Å². The van der Waals surface area contributed by atoms with E-state index in [1.54, 1.807) is 0 Å². The maximum atomic E-state index is 11.6. The summed E-state index contributed by atoms with van der Waals surface area (Å²) in [5.74, 6) is 0. The lowest BCUT2D eigenvalue weighted by molar-refractivity contribution is 0.0132. The first-order valence-electron chi connectivity index (χ1n) is 7.59. The Balaban J connectivity index is 1.75. The molecule has 0 radical (unpaired) electrons. The van der Waals surface area contributed by atoms with Crippen LogP contribution < -0.4 is 5.32 Å². The van der Waals surface area contributed by atoms with Crippen LogP contribution in [0.3, 0.4) is 0 Å². The van der Waals surface area contributed by atoms with Crippen molar-refractivity contribution in [3.63, 3.8) is 0 Å². The molecule has 0 aliphatic heterocycles. The normalized spacial score (nSPS) is 13.1. The largest absolute Gasteiger partial charge is 0.445 e.